The minimum absolute atomic E-state index is 0.0718. The largest absolute Gasteiger partial charge is 0.398 e. The van der Waals surface area contributed by atoms with Crippen LogP contribution in [0.25, 0.3) is 0 Å². The van der Waals surface area contributed by atoms with Crippen LogP contribution in [0.3, 0.4) is 0 Å². The summed E-state index contributed by atoms with van der Waals surface area (Å²) < 4.78 is 25.4. The van der Waals surface area contributed by atoms with Gasteiger partial charge in [-0.25, -0.2) is 8.78 Å². The van der Waals surface area contributed by atoms with Crippen molar-refractivity contribution >= 4 is 5.69 Å². The summed E-state index contributed by atoms with van der Waals surface area (Å²) in [5.41, 5.74) is 5.35. The van der Waals surface area contributed by atoms with E-state index < -0.39 is 11.6 Å². The van der Waals surface area contributed by atoms with Gasteiger partial charge in [-0.1, -0.05) is 0 Å². The number of halogens is 2. The van der Waals surface area contributed by atoms with E-state index in [1.54, 1.807) is 6.07 Å². The first kappa shape index (κ1) is 8.47. The average Bonchev–Trinajstić information content (AvgIpc) is 2.06. The normalized spacial score (nSPS) is 9.42. The van der Waals surface area contributed by atoms with Gasteiger partial charge in [0.05, 0.1) is 12.5 Å². The highest BCUT2D eigenvalue weighted by atomic mass is 19.2. The zero-order valence-corrected chi connectivity index (χ0v) is 6.14. The molecule has 0 saturated carbocycles. The van der Waals surface area contributed by atoms with E-state index in [4.69, 9.17) is 11.0 Å². The maximum absolute atomic E-state index is 12.8. The highest BCUT2D eigenvalue weighted by molar-refractivity contribution is 5.48. The number of nitrogens with two attached hydrogens (primary N) is 1. The number of nitrogen functional groups attached to an aromatic ring is 1. The van der Waals surface area contributed by atoms with Gasteiger partial charge >= 0.3 is 0 Å². The van der Waals surface area contributed by atoms with Crippen molar-refractivity contribution in [2.24, 2.45) is 0 Å². The minimum atomic E-state index is -1.03. The van der Waals surface area contributed by atoms with Gasteiger partial charge in [-0.05, 0) is 12.1 Å². The fourth-order valence-corrected chi connectivity index (χ4v) is 0.866. The van der Waals surface area contributed by atoms with Crippen molar-refractivity contribution in [3.05, 3.63) is 29.3 Å². The highest BCUT2D eigenvalue weighted by Gasteiger charge is 2.10. The van der Waals surface area contributed by atoms with Gasteiger partial charge in [-0.15, -0.1) is 0 Å². The van der Waals surface area contributed by atoms with Gasteiger partial charge in [0, 0.05) is 11.3 Å². The molecule has 0 radical (unpaired) electrons. The van der Waals surface area contributed by atoms with Gasteiger partial charge in [0.1, 0.15) is 0 Å². The second-order valence-corrected chi connectivity index (χ2v) is 2.26. The van der Waals surface area contributed by atoms with Crippen LogP contribution in [-0.4, -0.2) is 0 Å². The summed E-state index contributed by atoms with van der Waals surface area (Å²) in [5.74, 6) is -2.01. The predicted octanol–water partition coefficient (Wildman–Crippen LogP) is 1.61. The van der Waals surface area contributed by atoms with Crippen LogP contribution >= 0.6 is 0 Å². The lowest BCUT2D eigenvalue weighted by atomic mass is 10.1. The van der Waals surface area contributed by atoms with Crippen LogP contribution in [0.15, 0.2) is 12.1 Å². The fourth-order valence-electron chi connectivity index (χ4n) is 0.866. The molecule has 0 spiro atoms. The summed E-state index contributed by atoms with van der Waals surface area (Å²) in [4.78, 5) is 0. The Morgan fingerprint density at radius 3 is 2.67 bits per heavy atom. The van der Waals surface area contributed by atoms with E-state index in [1.807, 2.05) is 0 Å². The maximum Gasteiger partial charge on any atom is 0.165 e. The molecule has 4 heteroatoms. The molecular weight excluding hydrogens is 162 g/mol. The monoisotopic (exact) mass is 168 g/mol. The maximum atomic E-state index is 12.8. The Labute approximate surface area is 68.2 Å². The van der Waals surface area contributed by atoms with Crippen molar-refractivity contribution in [2.45, 2.75) is 6.42 Å². The molecule has 0 atom stereocenters. The van der Waals surface area contributed by atoms with Crippen LogP contribution < -0.4 is 5.73 Å². The van der Waals surface area contributed by atoms with Crippen molar-refractivity contribution < 1.29 is 8.78 Å². The Bertz CT molecular complexity index is 342. The van der Waals surface area contributed by atoms with Gasteiger partial charge in [0.25, 0.3) is 0 Å². The van der Waals surface area contributed by atoms with E-state index in [0.717, 1.165) is 6.07 Å². The molecule has 0 aromatic heterocycles. The lowest BCUT2D eigenvalue weighted by Gasteiger charge is -2.02. The fraction of sp³-hybridized carbons (Fsp3) is 0.125. The lowest BCUT2D eigenvalue weighted by Crippen LogP contribution is -1.99. The second-order valence-electron chi connectivity index (χ2n) is 2.26. The summed E-state index contributed by atoms with van der Waals surface area (Å²) in [7, 11) is 0. The summed E-state index contributed by atoms with van der Waals surface area (Å²) in [5, 5.41) is 8.26. The highest BCUT2D eigenvalue weighted by Crippen LogP contribution is 2.18. The second kappa shape index (κ2) is 3.18. The molecule has 0 unspecified atom stereocenters. The predicted molar refractivity (Wildman–Crippen MR) is 40.1 cm³/mol. The molecular formula is C8H6F2N2. The quantitative estimate of drug-likeness (QED) is 0.647. The molecule has 1 aromatic carbocycles. The molecule has 0 amide bonds. The first-order chi connectivity index (χ1) is 5.66. The minimum Gasteiger partial charge on any atom is -0.398 e. The standard InChI is InChI=1S/C8H6F2N2/c9-6-1-2-7(12)5(3-4-11)8(6)10/h1-2H,3,12H2. The molecule has 0 heterocycles. The number of anilines is 1. The van der Waals surface area contributed by atoms with Crippen LogP contribution in [0.1, 0.15) is 5.56 Å². The third-order valence-corrected chi connectivity index (χ3v) is 1.49. The molecule has 0 aliphatic rings. The summed E-state index contributed by atoms with van der Waals surface area (Å²) in [6.07, 6.45) is -0.213. The van der Waals surface area contributed by atoms with Gasteiger partial charge < -0.3 is 5.73 Å². The Morgan fingerprint density at radius 1 is 1.42 bits per heavy atom. The van der Waals surface area contributed by atoms with Gasteiger partial charge in [0.2, 0.25) is 0 Å². The first-order valence-corrected chi connectivity index (χ1v) is 3.26. The van der Waals surface area contributed by atoms with E-state index in [-0.39, 0.29) is 17.7 Å². The van der Waals surface area contributed by atoms with Crippen LogP contribution in [0.2, 0.25) is 0 Å². The van der Waals surface area contributed by atoms with Crippen molar-refractivity contribution in [3.8, 4) is 6.07 Å². The Morgan fingerprint density at radius 2 is 2.08 bits per heavy atom. The first-order valence-electron chi connectivity index (χ1n) is 3.26. The molecule has 0 saturated heterocycles. The van der Waals surface area contributed by atoms with Gasteiger partial charge in [-0.2, -0.15) is 5.26 Å². The molecule has 62 valence electrons. The summed E-state index contributed by atoms with van der Waals surface area (Å²) in [6, 6.07) is 3.88. The van der Waals surface area contributed by atoms with Crippen molar-refractivity contribution in [2.75, 3.05) is 5.73 Å². The smallest absolute Gasteiger partial charge is 0.165 e. The lowest BCUT2D eigenvalue weighted by molar-refractivity contribution is 0.502. The zero-order valence-electron chi connectivity index (χ0n) is 6.14. The molecule has 12 heavy (non-hydrogen) atoms. The molecule has 0 fully saturated rings. The van der Waals surface area contributed by atoms with Crippen LogP contribution in [0.4, 0.5) is 14.5 Å². The number of nitrogens with zero attached hydrogens (tertiary/aromatic N) is 1. The van der Waals surface area contributed by atoms with Crippen molar-refractivity contribution in [1.82, 2.24) is 0 Å². The number of hydrogen-bond donors (Lipinski definition) is 1. The van der Waals surface area contributed by atoms with E-state index in [1.165, 1.54) is 6.07 Å². The Hall–Kier alpha value is -1.63. The molecule has 1 aromatic rings. The average molecular weight is 168 g/mol. The van der Waals surface area contributed by atoms with Crippen LogP contribution in [0.5, 0.6) is 0 Å². The SMILES string of the molecule is N#CCc1c(N)ccc(F)c1F. The van der Waals surface area contributed by atoms with Gasteiger partial charge in [0.15, 0.2) is 11.6 Å². The van der Waals surface area contributed by atoms with Crippen molar-refractivity contribution in [3.63, 3.8) is 0 Å². The number of nitriles is 1. The number of hydrogen-bond acceptors (Lipinski definition) is 2. The third-order valence-electron chi connectivity index (χ3n) is 1.49. The zero-order chi connectivity index (χ0) is 9.14. The number of rotatable bonds is 1. The van der Waals surface area contributed by atoms with E-state index in [9.17, 15) is 8.78 Å². The van der Waals surface area contributed by atoms with E-state index in [2.05, 4.69) is 0 Å². The summed E-state index contributed by atoms with van der Waals surface area (Å²) >= 11 is 0. The Balaban J connectivity index is 3.25. The molecule has 2 nitrogen and oxygen atoms in total. The van der Waals surface area contributed by atoms with E-state index in [0.29, 0.717) is 0 Å². The third kappa shape index (κ3) is 1.35. The van der Waals surface area contributed by atoms with Crippen LogP contribution in [-0.2, 0) is 6.42 Å². The number of benzene rings is 1. The topological polar surface area (TPSA) is 49.8 Å². The Kier molecular flexibility index (Phi) is 2.24. The summed E-state index contributed by atoms with van der Waals surface area (Å²) in [6.45, 7) is 0. The molecule has 0 aliphatic heterocycles. The molecule has 0 aliphatic carbocycles. The molecule has 1 rings (SSSR count). The van der Waals surface area contributed by atoms with Crippen molar-refractivity contribution in [1.29, 1.82) is 5.26 Å². The molecule has 2 N–H and O–H groups in total. The van der Waals surface area contributed by atoms with E-state index >= 15 is 0 Å². The molecule has 0 bridgehead atoms. The van der Waals surface area contributed by atoms with Gasteiger partial charge in [-0.3, -0.25) is 0 Å². The van der Waals surface area contributed by atoms with Crippen LogP contribution in [0, 0.1) is 23.0 Å².